The number of rotatable bonds is 3. The average Bonchev–Trinajstić information content (AvgIpc) is 2.55. The van der Waals surface area contributed by atoms with E-state index in [0.29, 0.717) is 12.0 Å². The maximum Gasteiger partial charge on any atom is 0.233 e. The third-order valence-electron chi connectivity index (χ3n) is 2.54. The second-order valence-corrected chi connectivity index (χ2v) is 5.48. The van der Waals surface area contributed by atoms with Crippen molar-refractivity contribution in [3.05, 3.63) is 0 Å². The first-order valence-electron chi connectivity index (χ1n) is 5.05. The van der Waals surface area contributed by atoms with Gasteiger partial charge in [0.25, 0.3) is 0 Å². The SMILES string of the molecule is CC(C)[C@H](I)C(=O)NC1CCCC1. The standard InChI is InChI=1S/C10H18INO/c1-7(2)9(11)10(13)12-8-5-3-4-6-8/h7-9H,3-6H2,1-2H3,(H,12,13)/t9-/m0/s1. The molecule has 13 heavy (non-hydrogen) atoms. The number of hydrogen-bond donors (Lipinski definition) is 1. The van der Waals surface area contributed by atoms with Crippen molar-refractivity contribution in [3.8, 4) is 0 Å². The Hall–Kier alpha value is 0.200. The largest absolute Gasteiger partial charge is 0.352 e. The van der Waals surface area contributed by atoms with Gasteiger partial charge in [-0.3, -0.25) is 4.79 Å². The van der Waals surface area contributed by atoms with Crippen molar-refractivity contribution in [1.29, 1.82) is 0 Å². The van der Waals surface area contributed by atoms with Crippen LogP contribution < -0.4 is 5.32 Å². The first-order chi connectivity index (χ1) is 6.11. The molecule has 76 valence electrons. The quantitative estimate of drug-likeness (QED) is 0.629. The molecule has 1 saturated carbocycles. The van der Waals surface area contributed by atoms with Crippen LogP contribution in [0.1, 0.15) is 39.5 Å². The molecule has 3 heteroatoms. The fourth-order valence-electron chi connectivity index (χ4n) is 1.65. The molecule has 0 unspecified atom stereocenters. The molecule has 1 rings (SSSR count). The van der Waals surface area contributed by atoms with Crippen LogP contribution in [-0.4, -0.2) is 15.9 Å². The van der Waals surface area contributed by atoms with E-state index in [4.69, 9.17) is 0 Å². The second kappa shape index (κ2) is 5.17. The minimum atomic E-state index is 0.123. The number of halogens is 1. The van der Waals surface area contributed by atoms with E-state index in [1.807, 2.05) is 0 Å². The maximum atomic E-state index is 11.6. The maximum absolute atomic E-state index is 11.6. The lowest BCUT2D eigenvalue weighted by atomic mass is 10.1. The van der Waals surface area contributed by atoms with Gasteiger partial charge >= 0.3 is 0 Å². The van der Waals surface area contributed by atoms with Gasteiger partial charge in [-0.15, -0.1) is 0 Å². The third-order valence-corrected chi connectivity index (χ3v) is 4.54. The van der Waals surface area contributed by atoms with E-state index in [-0.39, 0.29) is 9.83 Å². The molecular weight excluding hydrogens is 277 g/mol. The Morgan fingerprint density at radius 3 is 2.38 bits per heavy atom. The molecule has 0 aromatic carbocycles. The Balaban J connectivity index is 2.31. The van der Waals surface area contributed by atoms with E-state index in [9.17, 15) is 4.79 Å². The van der Waals surface area contributed by atoms with Gasteiger partial charge in [0, 0.05) is 6.04 Å². The summed E-state index contributed by atoms with van der Waals surface area (Å²) in [5, 5.41) is 3.11. The molecule has 0 aromatic heterocycles. The molecule has 0 bridgehead atoms. The molecule has 0 heterocycles. The van der Waals surface area contributed by atoms with Crippen LogP contribution in [0.2, 0.25) is 0 Å². The molecule has 0 radical (unpaired) electrons. The molecule has 1 aliphatic rings. The summed E-state index contributed by atoms with van der Waals surface area (Å²) >= 11 is 2.23. The monoisotopic (exact) mass is 295 g/mol. The van der Waals surface area contributed by atoms with Crippen LogP contribution in [0.4, 0.5) is 0 Å². The minimum Gasteiger partial charge on any atom is -0.352 e. The van der Waals surface area contributed by atoms with Crippen molar-refractivity contribution < 1.29 is 4.79 Å². The first kappa shape index (κ1) is 11.3. The lowest BCUT2D eigenvalue weighted by molar-refractivity contribution is -0.121. The van der Waals surface area contributed by atoms with Crippen molar-refractivity contribution in [2.45, 2.75) is 49.5 Å². The lowest BCUT2D eigenvalue weighted by Crippen LogP contribution is -2.39. The zero-order valence-corrected chi connectivity index (χ0v) is 10.5. The second-order valence-electron chi connectivity index (χ2n) is 4.14. The predicted molar refractivity (Wildman–Crippen MR) is 63.0 cm³/mol. The van der Waals surface area contributed by atoms with Crippen molar-refractivity contribution in [1.82, 2.24) is 5.32 Å². The van der Waals surface area contributed by atoms with Crippen LogP contribution in [0.25, 0.3) is 0 Å². The van der Waals surface area contributed by atoms with Gasteiger partial charge in [0.2, 0.25) is 5.91 Å². The van der Waals surface area contributed by atoms with E-state index in [1.165, 1.54) is 25.7 Å². The summed E-state index contributed by atoms with van der Waals surface area (Å²) in [6.45, 7) is 4.18. The molecule has 0 aliphatic heterocycles. The average molecular weight is 295 g/mol. The van der Waals surface area contributed by atoms with E-state index < -0.39 is 0 Å². The number of carbonyl (C=O) groups is 1. The summed E-state index contributed by atoms with van der Waals surface area (Å²) < 4.78 is 0.123. The molecule has 1 amide bonds. The van der Waals surface area contributed by atoms with E-state index in [1.54, 1.807) is 0 Å². The number of alkyl halides is 1. The normalized spacial score (nSPS) is 20.6. The molecule has 0 spiro atoms. The van der Waals surface area contributed by atoms with Crippen LogP contribution in [-0.2, 0) is 4.79 Å². The summed E-state index contributed by atoms with van der Waals surface area (Å²) in [4.78, 5) is 11.6. The van der Waals surface area contributed by atoms with Crippen LogP contribution >= 0.6 is 22.6 Å². The molecule has 1 fully saturated rings. The van der Waals surface area contributed by atoms with Gasteiger partial charge in [-0.2, -0.15) is 0 Å². The Morgan fingerprint density at radius 2 is 1.92 bits per heavy atom. The molecule has 1 aliphatic carbocycles. The highest BCUT2D eigenvalue weighted by molar-refractivity contribution is 14.1. The molecule has 0 aromatic rings. The lowest BCUT2D eigenvalue weighted by Gasteiger charge is -2.17. The summed E-state index contributed by atoms with van der Waals surface area (Å²) in [7, 11) is 0. The molecule has 1 atom stereocenters. The zero-order chi connectivity index (χ0) is 9.84. The number of hydrogen-bond acceptors (Lipinski definition) is 1. The van der Waals surface area contributed by atoms with E-state index in [0.717, 1.165) is 0 Å². The molecular formula is C10H18INO. The number of carbonyl (C=O) groups excluding carboxylic acids is 1. The first-order valence-corrected chi connectivity index (χ1v) is 6.30. The van der Waals surface area contributed by atoms with Crippen LogP contribution in [0.5, 0.6) is 0 Å². The predicted octanol–water partition coefficient (Wildman–Crippen LogP) is 2.50. The minimum absolute atomic E-state index is 0.123. The Kier molecular flexibility index (Phi) is 4.49. The van der Waals surface area contributed by atoms with Gasteiger partial charge in [-0.1, -0.05) is 49.3 Å². The van der Waals surface area contributed by atoms with Crippen LogP contribution in [0.3, 0.4) is 0 Å². The van der Waals surface area contributed by atoms with Crippen molar-refractivity contribution in [3.63, 3.8) is 0 Å². The highest BCUT2D eigenvalue weighted by Crippen LogP contribution is 2.19. The van der Waals surface area contributed by atoms with Gasteiger partial charge in [0.05, 0.1) is 3.92 Å². The van der Waals surface area contributed by atoms with E-state index in [2.05, 4.69) is 41.8 Å². The van der Waals surface area contributed by atoms with Crippen LogP contribution in [0, 0.1) is 5.92 Å². The van der Waals surface area contributed by atoms with Crippen molar-refractivity contribution >= 4 is 28.5 Å². The smallest absolute Gasteiger partial charge is 0.233 e. The Bertz CT molecular complexity index is 176. The number of amides is 1. The van der Waals surface area contributed by atoms with Gasteiger partial charge in [-0.05, 0) is 18.8 Å². The van der Waals surface area contributed by atoms with Crippen LogP contribution in [0.15, 0.2) is 0 Å². The number of nitrogens with one attached hydrogen (secondary N) is 1. The van der Waals surface area contributed by atoms with Gasteiger partial charge in [-0.25, -0.2) is 0 Å². The fourth-order valence-corrected chi connectivity index (χ4v) is 1.83. The summed E-state index contributed by atoms with van der Waals surface area (Å²) in [6.07, 6.45) is 4.90. The zero-order valence-electron chi connectivity index (χ0n) is 8.35. The van der Waals surface area contributed by atoms with Gasteiger partial charge < -0.3 is 5.32 Å². The summed E-state index contributed by atoms with van der Waals surface area (Å²) in [5.41, 5.74) is 0. The molecule has 0 saturated heterocycles. The van der Waals surface area contributed by atoms with Crippen molar-refractivity contribution in [2.75, 3.05) is 0 Å². The third kappa shape index (κ3) is 3.44. The van der Waals surface area contributed by atoms with Gasteiger partial charge in [0.15, 0.2) is 0 Å². The van der Waals surface area contributed by atoms with E-state index >= 15 is 0 Å². The Morgan fingerprint density at radius 1 is 1.38 bits per heavy atom. The Labute approximate surface area is 94.0 Å². The summed E-state index contributed by atoms with van der Waals surface area (Å²) in [6, 6.07) is 0.462. The molecule has 2 nitrogen and oxygen atoms in total. The molecule has 1 N–H and O–H groups in total. The highest BCUT2D eigenvalue weighted by atomic mass is 127. The fraction of sp³-hybridized carbons (Fsp3) is 0.900. The summed E-state index contributed by atoms with van der Waals surface area (Å²) in [5.74, 6) is 0.657. The highest BCUT2D eigenvalue weighted by Gasteiger charge is 2.23. The van der Waals surface area contributed by atoms with Crippen molar-refractivity contribution in [2.24, 2.45) is 5.92 Å². The van der Waals surface area contributed by atoms with Gasteiger partial charge in [0.1, 0.15) is 0 Å². The topological polar surface area (TPSA) is 29.1 Å².